The van der Waals surface area contributed by atoms with Crippen molar-refractivity contribution in [1.82, 2.24) is 14.9 Å². The second-order valence-electron chi connectivity index (χ2n) is 6.79. The molecular formula is C17H20ClN3O2S. The molecule has 24 heavy (non-hydrogen) atoms. The van der Waals surface area contributed by atoms with E-state index in [2.05, 4.69) is 9.97 Å². The number of aryl methyl sites for hydroxylation is 1. The van der Waals surface area contributed by atoms with Gasteiger partial charge in [0.1, 0.15) is 16.3 Å². The minimum atomic E-state index is 0.0507. The Morgan fingerprint density at radius 3 is 2.83 bits per heavy atom. The number of hydrogen-bond acceptors (Lipinski definition) is 5. The zero-order chi connectivity index (χ0) is 16.8. The number of aromatic nitrogens is 2. The van der Waals surface area contributed by atoms with E-state index in [9.17, 15) is 4.79 Å². The fraction of sp³-hybridized carbons (Fsp3) is 0.588. The number of carbonyl (C=O) groups is 1. The van der Waals surface area contributed by atoms with Gasteiger partial charge in [-0.2, -0.15) is 0 Å². The Hall–Kier alpha value is -1.24. The van der Waals surface area contributed by atoms with Crippen molar-refractivity contribution in [3.63, 3.8) is 0 Å². The molecule has 1 saturated heterocycles. The molecule has 7 heteroatoms. The van der Waals surface area contributed by atoms with E-state index in [0.29, 0.717) is 18.2 Å². The number of morpholine rings is 1. The van der Waals surface area contributed by atoms with Gasteiger partial charge in [-0.1, -0.05) is 11.6 Å². The van der Waals surface area contributed by atoms with Crippen molar-refractivity contribution < 1.29 is 9.53 Å². The summed E-state index contributed by atoms with van der Waals surface area (Å²) < 4.78 is 5.74. The molecule has 1 aliphatic heterocycles. The lowest BCUT2D eigenvalue weighted by atomic mass is 9.87. The zero-order valence-corrected chi connectivity index (χ0v) is 15.4. The molecule has 0 saturated carbocycles. The number of ether oxygens (including phenoxy) is 1. The molecule has 0 aromatic carbocycles. The maximum absolute atomic E-state index is 13.0. The van der Waals surface area contributed by atoms with Crippen LogP contribution in [0, 0.1) is 5.92 Å². The van der Waals surface area contributed by atoms with Crippen LogP contribution in [0.4, 0.5) is 0 Å². The Morgan fingerprint density at radius 2 is 2.08 bits per heavy atom. The van der Waals surface area contributed by atoms with Gasteiger partial charge in [-0.15, -0.1) is 11.3 Å². The summed E-state index contributed by atoms with van der Waals surface area (Å²) in [6.07, 6.45) is 4.24. The number of thiophene rings is 1. The average molecular weight is 366 g/mol. The van der Waals surface area contributed by atoms with Crippen LogP contribution in [0.3, 0.4) is 0 Å². The second-order valence-corrected chi connectivity index (χ2v) is 8.23. The topological polar surface area (TPSA) is 55.3 Å². The molecule has 3 heterocycles. The fourth-order valence-corrected chi connectivity index (χ4v) is 5.47. The van der Waals surface area contributed by atoms with Crippen LogP contribution in [0.2, 0.25) is 5.15 Å². The Bertz CT molecular complexity index is 783. The van der Waals surface area contributed by atoms with Crippen LogP contribution in [-0.4, -0.2) is 46.1 Å². The van der Waals surface area contributed by atoms with Crippen molar-refractivity contribution in [3.8, 4) is 0 Å². The van der Waals surface area contributed by atoms with Gasteiger partial charge in [0.15, 0.2) is 0 Å². The Morgan fingerprint density at radius 1 is 1.33 bits per heavy atom. The molecule has 0 unspecified atom stereocenters. The number of halogens is 1. The highest BCUT2D eigenvalue weighted by molar-refractivity contribution is 7.19. The third-order valence-electron chi connectivity index (χ3n) is 4.88. The molecule has 2 aromatic rings. The van der Waals surface area contributed by atoms with E-state index in [1.807, 2.05) is 18.7 Å². The smallest absolute Gasteiger partial charge is 0.226 e. The van der Waals surface area contributed by atoms with Gasteiger partial charge in [-0.3, -0.25) is 4.79 Å². The summed E-state index contributed by atoms with van der Waals surface area (Å²) in [6, 6.07) is 0. The van der Waals surface area contributed by atoms with E-state index in [1.54, 1.807) is 11.3 Å². The van der Waals surface area contributed by atoms with Crippen molar-refractivity contribution in [2.45, 2.75) is 45.3 Å². The van der Waals surface area contributed by atoms with Crippen LogP contribution in [0.25, 0.3) is 10.2 Å². The van der Waals surface area contributed by atoms with Gasteiger partial charge >= 0.3 is 0 Å². The minimum Gasteiger partial charge on any atom is -0.372 e. The summed E-state index contributed by atoms with van der Waals surface area (Å²) in [4.78, 5) is 25.6. The van der Waals surface area contributed by atoms with Crippen LogP contribution in [0.5, 0.6) is 0 Å². The number of rotatable bonds is 1. The lowest BCUT2D eigenvalue weighted by molar-refractivity contribution is -0.147. The Balaban J connectivity index is 1.57. The lowest BCUT2D eigenvalue weighted by Gasteiger charge is -2.37. The summed E-state index contributed by atoms with van der Waals surface area (Å²) in [5, 5.41) is 1.51. The number of amides is 1. The molecule has 2 aromatic heterocycles. The van der Waals surface area contributed by atoms with E-state index >= 15 is 0 Å². The van der Waals surface area contributed by atoms with Gasteiger partial charge in [0.05, 0.1) is 17.6 Å². The van der Waals surface area contributed by atoms with E-state index in [0.717, 1.165) is 29.5 Å². The van der Waals surface area contributed by atoms with E-state index in [-0.39, 0.29) is 24.0 Å². The van der Waals surface area contributed by atoms with E-state index < -0.39 is 0 Å². The number of fused-ring (bicyclic) bond motifs is 3. The summed E-state index contributed by atoms with van der Waals surface area (Å²) in [6.45, 7) is 5.44. The molecule has 0 spiro atoms. The molecule has 128 valence electrons. The Labute approximate surface area is 150 Å². The van der Waals surface area contributed by atoms with Gasteiger partial charge in [-0.05, 0) is 38.7 Å². The molecule has 4 rings (SSSR count). The standard InChI is InChI=1S/C17H20ClN3O2S/c1-9-6-21(7-10(2)23-9)17(22)11-3-4-12-13(5-11)24-16-14(12)15(18)19-8-20-16/h8-11H,3-7H2,1-2H3/t9-,10+,11-/m0/s1. The van der Waals surface area contributed by atoms with E-state index in [1.165, 1.54) is 16.8 Å². The molecular weight excluding hydrogens is 346 g/mol. The molecule has 0 radical (unpaired) electrons. The zero-order valence-electron chi connectivity index (χ0n) is 13.8. The van der Waals surface area contributed by atoms with Crippen molar-refractivity contribution in [1.29, 1.82) is 0 Å². The molecule has 2 aliphatic rings. The van der Waals surface area contributed by atoms with Crippen LogP contribution in [-0.2, 0) is 22.4 Å². The predicted octanol–water partition coefficient (Wildman–Crippen LogP) is 3.09. The van der Waals surface area contributed by atoms with Crippen molar-refractivity contribution >= 4 is 39.1 Å². The first-order chi connectivity index (χ1) is 11.5. The SMILES string of the molecule is C[C@@H]1CN(C(=O)[C@H]2CCc3c(sc4ncnc(Cl)c34)C2)C[C@H](C)O1. The lowest BCUT2D eigenvalue weighted by Crippen LogP contribution is -2.50. The van der Waals surface area contributed by atoms with Crippen LogP contribution >= 0.6 is 22.9 Å². The monoisotopic (exact) mass is 365 g/mol. The van der Waals surface area contributed by atoms with Gasteiger partial charge in [0, 0.05) is 23.9 Å². The minimum absolute atomic E-state index is 0.0507. The van der Waals surface area contributed by atoms with Crippen LogP contribution in [0.15, 0.2) is 6.33 Å². The maximum Gasteiger partial charge on any atom is 0.226 e. The molecule has 5 nitrogen and oxygen atoms in total. The summed E-state index contributed by atoms with van der Waals surface area (Å²) in [7, 11) is 0. The van der Waals surface area contributed by atoms with Gasteiger partial charge in [-0.25, -0.2) is 9.97 Å². The van der Waals surface area contributed by atoms with Crippen molar-refractivity contribution in [3.05, 3.63) is 21.9 Å². The Kier molecular flexibility index (Phi) is 4.22. The number of carbonyl (C=O) groups excluding carboxylic acids is 1. The molecule has 1 fully saturated rings. The highest BCUT2D eigenvalue weighted by atomic mass is 35.5. The third-order valence-corrected chi connectivity index (χ3v) is 6.33. The summed E-state index contributed by atoms with van der Waals surface area (Å²) in [5.74, 6) is 0.312. The molecule has 1 amide bonds. The molecule has 3 atom stereocenters. The normalized spacial score (nSPS) is 27.3. The maximum atomic E-state index is 13.0. The summed E-state index contributed by atoms with van der Waals surface area (Å²) in [5.41, 5.74) is 1.24. The second kappa shape index (κ2) is 6.24. The largest absolute Gasteiger partial charge is 0.372 e. The van der Waals surface area contributed by atoms with Gasteiger partial charge in [0.2, 0.25) is 5.91 Å². The highest BCUT2D eigenvalue weighted by Crippen LogP contribution is 2.40. The van der Waals surface area contributed by atoms with Gasteiger partial charge in [0.25, 0.3) is 0 Å². The average Bonchev–Trinajstić information content (AvgIpc) is 2.92. The van der Waals surface area contributed by atoms with Crippen LogP contribution < -0.4 is 0 Å². The number of hydrogen-bond donors (Lipinski definition) is 0. The predicted molar refractivity (Wildman–Crippen MR) is 94.5 cm³/mol. The first-order valence-corrected chi connectivity index (χ1v) is 9.57. The first-order valence-electron chi connectivity index (χ1n) is 8.38. The van der Waals surface area contributed by atoms with Crippen molar-refractivity contribution in [2.75, 3.05) is 13.1 Å². The summed E-state index contributed by atoms with van der Waals surface area (Å²) >= 11 is 7.91. The van der Waals surface area contributed by atoms with Crippen molar-refractivity contribution in [2.24, 2.45) is 5.92 Å². The highest BCUT2D eigenvalue weighted by Gasteiger charge is 2.34. The van der Waals surface area contributed by atoms with Gasteiger partial charge < -0.3 is 9.64 Å². The van der Waals surface area contributed by atoms with Crippen LogP contribution in [0.1, 0.15) is 30.7 Å². The first kappa shape index (κ1) is 16.2. The third kappa shape index (κ3) is 2.80. The molecule has 0 bridgehead atoms. The van der Waals surface area contributed by atoms with E-state index in [4.69, 9.17) is 16.3 Å². The number of nitrogens with zero attached hydrogens (tertiary/aromatic N) is 3. The molecule has 0 N–H and O–H groups in total. The quantitative estimate of drug-likeness (QED) is 0.729. The molecule has 1 aliphatic carbocycles. The fourth-order valence-electron chi connectivity index (χ4n) is 3.90.